The van der Waals surface area contributed by atoms with Crippen LogP contribution in [0.25, 0.3) is 0 Å². The average molecular weight is 271 g/mol. The van der Waals surface area contributed by atoms with Crippen LogP contribution in [0.3, 0.4) is 0 Å². The maximum absolute atomic E-state index is 11.6. The number of aromatic nitrogens is 2. The summed E-state index contributed by atoms with van der Waals surface area (Å²) in [5.41, 5.74) is 0.884. The molecule has 0 bridgehead atoms. The van der Waals surface area contributed by atoms with Crippen LogP contribution in [0.4, 0.5) is 5.82 Å². The third-order valence-electron chi connectivity index (χ3n) is 2.91. The summed E-state index contributed by atoms with van der Waals surface area (Å²) in [5.74, 6) is 1.77. The van der Waals surface area contributed by atoms with Crippen LogP contribution >= 0.6 is 0 Å². The summed E-state index contributed by atoms with van der Waals surface area (Å²) >= 11 is 0. The molecule has 1 unspecified atom stereocenters. The highest BCUT2D eigenvalue weighted by atomic mass is 32.2. The van der Waals surface area contributed by atoms with E-state index in [4.69, 9.17) is 0 Å². The van der Waals surface area contributed by atoms with Gasteiger partial charge in [-0.15, -0.1) is 0 Å². The molecule has 0 aliphatic heterocycles. The predicted molar refractivity (Wildman–Crippen MR) is 73.7 cm³/mol. The van der Waals surface area contributed by atoms with Crippen LogP contribution in [0.15, 0.2) is 6.07 Å². The van der Waals surface area contributed by atoms with E-state index >= 15 is 0 Å². The van der Waals surface area contributed by atoms with Crippen LogP contribution in [-0.4, -0.2) is 43.0 Å². The Balaban J connectivity index is 2.89. The van der Waals surface area contributed by atoms with Crippen molar-refractivity contribution in [3.63, 3.8) is 0 Å². The Morgan fingerprint density at radius 3 is 2.44 bits per heavy atom. The number of rotatable bonds is 5. The SMILES string of the molecule is CCS(=O)(=O)CC(C)N(C)c1cc(C)nc(C)n1. The van der Waals surface area contributed by atoms with E-state index in [0.29, 0.717) is 5.82 Å². The molecule has 18 heavy (non-hydrogen) atoms. The molecule has 1 aromatic rings. The zero-order valence-corrected chi connectivity index (χ0v) is 12.5. The van der Waals surface area contributed by atoms with Gasteiger partial charge in [-0.1, -0.05) is 6.92 Å². The van der Waals surface area contributed by atoms with Gasteiger partial charge in [0.1, 0.15) is 11.6 Å². The van der Waals surface area contributed by atoms with E-state index in [1.807, 2.05) is 38.8 Å². The Hall–Kier alpha value is -1.17. The molecule has 102 valence electrons. The molecular weight excluding hydrogens is 250 g/mol. The first-order chi connectivity index (χ1) is 8.25. The molecule has 0 aliphatic rings. The summed E-state index contributed by atoms with van der Waals surface area (Å²) in [6.45, 7) is 7.29. The van der Waals surface area contributed by atoms with Crippen LogP contribution < -0.4 is 4.90 Å². The van der Waals surface area contributed by atoms with E-state index in [1.54, 1.807) is 6.92 Å². The Kier molecular flexibility index (Phi) is 4.67. The number of hydrogen-bond donors (Lipinski definition) is 0. The quantitative estimate of drug-likeness (QED) is 0.809. The second-order valence-electron chi connectivity index (χ2n) is 4.57. The van der Waals surface area contributed by atoms with Crippen molar-refractivity contribution in [1.82, 2.24) is 9.97 Å². The minimum Gasteiger partial charge on any atom is -0.356 e. The number of hydrogen-bond acceptors (Lipinski definition) is 5. The fraction of sp³-hybridized carbons (Fsp3) is 0.667. The maximum Gasteiger partial charge on any atom is 0.152 e. The Morgan fingerprint density at radius 1 is 1.33 bits per heavy atom. The van der Waals surface area contributed by atoms with Crippen molar-refractivity contribution < 1.29 is 8.42 Å². The number of anilines is 1. The smallest absolute Gasteiger partial charge is 0.152 e. The first-order valence-electron chi connectivity index (χ1n) is 6.00. The number of aryl methyl sites for hydroxylation is 2. The molecule has 0 aromatic carbocycles. The summed E-state index contributed by atoms with van der Waals surface area (Å²) in [7, 11) is -1.12. The monoisotopic (exact) mass is 271 g/mol. The van der Waals surface area contributed by atoms with Crippen molar-refractivity contribution in [3.05, 3.63) is 17.6 Å². The van der Waals surface area contributed by atoms with Crippen LogP contribution in [0.2, 0.25) is 0 Å². The largest absolute Gasteiger partial charge is 0.356 e. The van der Waals surface area contributed by atoms with Crippen LogP contribution in [0.1, 0.15) is 25.4 Å². The standard InChI is InChI=1S/C12H21N3O2S/c1-6-18(16,17)8-10(3)15(5)12-7-9(2)13-11(4)14-12/h7,10H,6,8H2,1-5H3. The molecule has 1 rings (SSSR count). The van der Waals surface area contributed by atoms with Gasteiger partial charge in [-0.25, -0.2) is 18.4 Å². The molecule has 1 aromatic heterocycles. The van der Waals surface area contributed by atoms with Crippen molar-refractivity contribution in [3.8, 4) is 0 Å². The van der Waals surface area contributed by atoms with Crippen LogP contribution in [-0.2, 0) is 9.84 Å². The Morgan fingerprint density at radius 2 is 1.94 bits per heavy atom. The minimum atomic E-state index is -2.98. The average Bonchev–Trinajstić information content (AvgIpc) is 2.26. The van der Waals surface area contributed by atoms with E-state index in [2.05, 4.69) is 9.97 Å². The Bertz CT molecular complexity index is 494. The van der Waals surface area contributed by atoms with Gasteiger partial charge in [0.2, 0.25) is 0 Å². The normalized spacial score (nSPS) is 13.4. The molecule has 0 spiro atoms. The van der Waals surface area contributed by atoms with E-state index in [9.17, 15) is 8.42 Å². The highest BCUT2D eigenvalue weighted by molar-refractivity contribution is 7.91. The Labute approximate surface area is 109 Å². The number of nitrogens with zero attached hydrogens (tertiary/aromatic N) is 3. The van der Waals surface area contributed by atoms with Crippen LogP contribution in [0, 0.1) is 13.8 Å². The molecule has 0 fully saturated rings. The van der Waals surface area contributed by atoms with Gasteiger partial charge in [-0.2, -0.15) is 0 Å². The molecular formula is C12H21N3O2S. The van der Waals surface area contributed by atoms with Crippen molar-refractivity contribution in [2.24, 2.45) is 0 Å². The highest BCUT2D eigenvalue weighted by Crippen LogP contribution is 2.14. The first-order valence-corrected chi connectivity index (χ1v) is 7.83. The second-order valence-corrected chi connectivity index (χ2v) is 6.97. The summed E-state index contributed by atoms with van der Waals surface area (Å²) in [5, 5.41) is 0. The van der Waals surface area contributed by atoms with Gasteiger partial charge in [0, 0.05) is 30.6 Å². The minimum absolute atomic E-state index is 0.108. The number of sulfone groups is 1. The molecule has 0 aliphatic carbocycles. The molecule has 1 atom stereocenters. The molecule has 0 amide bonds. The van der Waals surface area contributed by atoms with Crippen molar-refractivity contribution in [2.75, 3.05) is 23.5 Å². The zero-order chi connectivity index (χ0) is 13.9. The lowest BCUT2D eigenvalue weighted by Gasteiger charge is -2.26. The van der Waals surface area contributed by atoms with Gasteiger partial charge in [-0.3, -0.25) is 0 Å². The fourth-order valence-corrected chi connectivity index (χ4v) is 2.90. The van der Waals surface area contributed by atoms with E-state index < -0.39 is 9.84 Å². The third kappa shape index (κ3) is 3.94. The van der Waals surface area contributed by atoms with E-state index in [0.717, 1.165) is 11.5 Å². The van der Waals surface area contributed by atoms with Gasteiger partial charge in [0.05, 0.1) is 5.75 Å². The second kappa shape index (κ2) is 5.65. The fourth-order valence-electron chi connectivity index (χ4n) is 1.70. The summed E-state index contributed by atoms with van der Waals surface area (Å²) in [6.07, 6.45) is 0. The zero-order valence-electron chi connectivity index (χ0n) is 11.6. The molecule has 0 radical (unpaired) electrons. The molecule has 0 saturated carbocycles. The van der Waals surface area contributed by atoms with Gasteiger partial charge in [-0.05, 0) is 20.8 Å². The molecule has 0 saturated heterocycles. The lowest BCUT2D eigenvalue weighted by atomic mass is 10.3. The summed E-state index contributed by atoms with van der Waals surface area (Å²) in [6, 6.07) is 1.76. The third-order valence-corrected chi connectivity index (χ3v) is 4.78. The lowest BCUT2D eigenvalue weighted by molar-refractivity contribution is 0.588. The van der Waals surface area contributed by atoms with E-state index in [1.165, 1.54) is 0 Å². The molecule has 5 nitrogen and oxygen atoms in total. The maximum atomic E-state index is 11.6. The van der Waals surface area contributed by atoms with Gasteiger partial charge in [0.25, 0.3) is 0 Å². The first kappa shape index (κ1) is 14.9. The van der Waals surface area contributed by atoms with Crippen molar-refractivity contribution in [1.29, 1.82) is 0 Å². The van der Waals surface area contributed by atoms with Crippen molar-refractivity contribution in [2.45, 2.75) is 33.7 Å². The van der Waals surface area contributed by atoms with Gasteiger partial charge in [0.15, 0.2) is 9.84 Å². The highest BCUT2D eigenvalue weighted by Gasteiger charge is 2.19. The molecule has 0 N–H and O–H groups in total. The summed E-state index contributed by atoms with van der Waals surface area (Å²) in [4.78, 5) is 10.4. The van der Waals surface area contributed by atoms with Gasteiger partial charge >= 0.3 is 0 Å². The topological polar surface area (TPSA) is 63.2 Å². The molecule has 6 heteroatoms. The summed E-state index contributed by atoms with van der Waals surface area (Å²) < 4.78 is 23.2. The molecule has 1 heterocycles. The van der Waals surface area contributed by atoms with Crippen molar-refractivity contribution >= 4 is 15.7 Å². The van der Waals surface area contributed by atoms with E-state index in [-0.39, 0.29) is 17.5 Å². The van der Waals surface area contributed by atoms with Gasteiger partial charge < -0.3 is 4.90 Å². The van der Waals surface area contributed by atoms with Crippen LogP contribution in [0.5, 0.6) is 0 Å². The predicted octanol–water partition coefficient (Wildman–Crippen LogP) is 1.35. The lowest BCUT2D eigenvalue weighted by Crippen LogP contribution is -2.36.